The molecule has 2 aromatic heterocycles. The van der Waals surface area contributed by atoms with E-state index in [0.717, 1.165) is 37.0 Å². The summed E-state index contributed by atoms with van der Waals surface area (Å²) in [6, 6.07) is 8.16. The van der Waals surface area contributed by atoms with Crippen LogP contribution in [-0.4, -0.2) is 33.9 Å². The Balaban J connectivity index is 1.80. The number of aromatic nitrogens is 2. The number of nitrogens with zero attached hydrogens (tertiary/aromatic N) is 3. The van der Waals surface area contributed by atoms with Gasteiger partial charge < -0.3 is 10.2 Å². The SMILES string of the molecule is Cc1ccc2c(Nc3ccc(F)c(Cl)c3)c(C(=O)N3CCCC(C)C3)cnc2n1. The first-order valence-corrected chi connectivity index (χ1v) is 10.1. The Bertz CT molecular complexity index is 1090. The molecule has 1 unspecified atom stereocenters. The summed E-state index contributed by atoms with van der Waals surface area (Å²) < 4.78 is 13.6. The molecular weight excluding hydrogens is 391 g/mol. The van der Waals surface area contributed by atoms with Crippen molar-refractivity contribution < 1.29 is 9.18 Å². The van der Waals surface area contributed by atoms with E-state index >= 15 is 0 Å². The second kappa shape index (κ2) is 7.95. The molecule has 7 heteroatoms. The van der Waals surface area contributed by atoms with Crippen LogP contribution in [0.5, 0.6) is 0 Å². The summed E-state index contributed by atoms with van der Waals surface area (Å²) in [5.41, 5.74) is 3.05. The van der Waals surface area contributed by atoms with Crippen LogP contribution in [0.15, 0.2) is 36.5 Å². The average Bonchev–Trinajstić information content (AvgIpc) is 2.70. The summed E-state index contributed by atoms with van der Waals surface area (Å²) in [5, 5.41) is 4.00. The zero-order chi connectivity index (χ0) is 20.5. The van der Waals surface area contributed by atoms with E-state index < -0.39 is 5.82 Å². The highest BCUT2D eigenvalue weighted by molar-refractivity contribution is 6.31. The molecule has 3 heterocycles. The van der Waals surface area contributed by atoms with Crippen molar-refractivity contribution in [2.45, 2.75) is 26.7 Å². The minimum Gasteiger partial charge on any atom is -0.354 e. The molecule has 0 saturated carbocycles. The fourth-order valence-corrected chi connectivity index (χ4v) is 3.91. The maximum Gasteiger partial charge on any atom is 0.257 e. The van der Waals surface area contributed by atoms with E-state index in [9.17, 15) is 9.18 Å². The molecule has 1 fully saturated rings. The molecule has 4 rings (SSSR count). The second-order valence-corrected chi connectivity index (χ2v) is 8.03. The van der Waals surface area contributed by atoms with Crippen LogP contribution in [0.1, 0.15) is 35.8 Å². The fraction of sp³-hybridized carbons (Fsp3) is 0.318. The Morgan fingerprint density at radius 2 is 2.14 bits per heavy atom. The standard InChI is InChI=1S/C22H22ClFN4O/c1-13-4-3-9-28(12-13)22(29)17-11-25-21-16(7-5-14(2)26-21)20(17)27-15-6-8-19(24)18(23)10-15/h5-8,10-11,13H,3-4,9,12H2,1-2H3,(H,25,26,27). The van der Waals surface area contributed by atoms with Crippen LogP contribution < -0.4 is 5.32 Å². The Hall–Kier alpha value is -2.73. The van der Waals surface area contributed by atoms with Gasteiger partial charge in [0.2, 0.25) is 0 Å². The fourth-order valence-electron chi connectivity index (χ4n) is 3.73. The van der Waals surface area contributed by atoms with Crippen molar-refractivity contribution in [3.63, 3.8) is 0 Å². The summed E-state index contributed by atoms with van der Waals surface area (Å²) >= 11 is 5.94. The first kappa shape index (κ1) is 19.6. The van der Waals surface area contributed by atoms with Crippen molar-refractivity contribution in [3.05, 3.63) is 58.6 Å². The van der Waals surface area contributed by atoms with Gasteiger partial charge in [-0.3, -0.25) is 4.79 Å². The number of nitrogens with one attached hydrogen (secondary N) is 1. The third kappa shape index (κ3) is 4.03. The van der Waals surface area contributed by atoms with Crippen molar-refractivity contribution in [1.29, 1.82) is 0 Å². The van der Waals surface area contributed by atoms with Crippen LogP contribution in [0.2, 0.25) is 5.02 Å². The highest BCUT2D eigenvalue weighted by atomic mass is 35.5. The second-order valence-electron chi connectivity index (χ2n) is 7.62. The number of anilines is 2. The number of benzene rings is 1. The van der Waals surface area contributed by atoms with Gasteiger partial charge in [-0.1, -0.05) is 18.5 Å². The van der Waals surface area contributed by atoms with Crippen molar-refractivity contribution in [2.24, 2.45) is 5.92 Å². The number of pyridine rings is 2. The highest BCUT2D eigenvalue weighted by Crippen LogP contribution is 2.31. The summed E-state index contributed by atoms with van der Waals surface area (Å²) in [6.07, 6.45) is 3.69. The van der Waals surface area contributed by atoms with Crippen LogP contribution in [0, 0.1) is 18.7 Å². The maximum absolute atomic E-state index is 13.6. The summed E-state index contributed by atoms with van der Waals surface area (Å²) in [6.45, 7) is 5.51. The Labute approximate surface area is 173 Å². The van der Waals surface area contributed by atoms with Crippen LogP contribution in [0.25, 0.3) is 11.0 Å². The predicted molar refractivity (Wildman–Crippen MR) is 113 cm³/mol. The van der Waals surface area contributed by atoms with E-state index in [4.69, 9.17) is 11.6 Å². The first-order valence-electron chi connectivity index (χ1n) is 9.70. The topological polar surface area (TPSA) is 58.1 Å². The van der Waals surface area contributed by atoms with Gasteiger partial charge in [0.25, 0.3) is 5.91 Å². The van der Waals surface area contributed by atoms with Crippen LogP contribution >= 0.6 is 11.6 Å². The zero-order valence-electron chi connectivity index (χ0n) is 16.4. The molecule has 3 aromatic rings. The molecule has 150 valence electrons. The van der Waals surface area contributed by atoms with Crippen molar-refractivity contribution in [3.8, 4) is 0 Å². The largest absolute Gasteiger partial charge is 0.354 e. The van der Waals surface area contributed by atoms with Crippen LogP contribution in [0.4, 0.5) is 15.8 Å². The first-order chi connectivity index (χ1) is 13.9. The highest BCUT2D eigenvalue weighted by Gasteiger charge is 2.25. The zero-order valence-corrected chi connectivity index (χ0v) is 17.1. The lowest BCUT2D eigenvalue weighted by atomic mass is 9.99. The van der Waals surface area contributed by atoms with E-state index in [2.05, 4.69) is 22.2 Å². The number of carbonyl (C=O) groups excluding carboxylic acids is 1. The molecule has 0 bridgehead atoms. The van der Waals surface area contributed by atoms with E-state index in [1.165, 1.54) is 12.1 Å². The number of piperidine rings is 1. The number of likely N-dealkylation sites (tertiary alicyclic amines) is 1. The maximum atomic E-state index is 13.6. The Morgan fingerprint density at radius 1 is 1.31 bits per heavy atom. The van der Waals surface area contributed by atoms with E-state index in [0.29, 0.717) is 28.5 Å². The van der Waals surface area contributed by atoms with E-state index in [-0.39, 0.29) is 10.9 Å². The number of carbonyl (C=O) groups is 1. The van der Waals surface area contributed by atoms with Gasteiger partial charge in [0, 0.05) is 36.1 Å². The Kier molecular flexibility index (Phi) is 5.37. The number of amides is 1. The smallest absolute Gasteiger partial charge is 0.257 e. The molecule has 1 amide bonds. The molecule has 0 radical (unpaired) electrons. The molecule has 29 heavy (non-hydrogen) atoms. The van der Waals surface area contributed by atoms with Crippen LogP contribution in [-0.2, 0) is 0 Å². The molecule has 0 spiro atoms. The normalized spacial score (nSPS) is 16.8. The van der Waals surface area contributed by atoms with E-state index in [1.807, 2.05) is 24.0 Å². The van der Waals surface area contributed by atoms with Crippen molar-refractivity contribution in [2.75, 3.05) is 18.4 Å². The monoisotopic (exact) mass is 412 g/mol. The number of rotatable bonds is 3. The number of fused-ring (bicyclic) bond motifs is 1. The lowest BCUT2D eigenvalue weighted by Crippen LogP contribution is -2.39. The number of aryl methyl sites for hydroxylation is 1. The van der Waals surface area contributed by atoms with Gasteiger partial charge >= 0.3 is 0 Å². The molecular formula is C22H22ClFN4O. The minimum absolute atomic E-state index is 0.0139. The molecule has 1 aliphatic heterocycles. The molecule has 1 N–H and O–H groups in total. The lowest BCUT2D eigenvalue weighted by molar-refractivity contribution is 0.0684. The third-order valence-corrected chi connectivity index (χ3v) is 5.52. The summed E-state index contributed by atoms with van der Waals surface area (Å²) in [7, 11) is 0. The number of halogens is 2. The van der Waals surface area contributed by atoms with Gasteiger partial charge in [-0.2, -0.15) is 0 Å². The predicted octanol–water partition coefficient (Wildman–Crippen LogP) is 5.35. The molecule has 1 saturated heterocycles. The quantitative estimate of drug-likeness (QED) is 0.630. The molecule has 1 aromatic carbocycles. The van der Waals surface area contributed by atoms with Gasteiger partial charge in [0.15, 0.2) is 5.65 Å². The van der Waals surface area contributed by atoms with Gasteiger partial charge in [-0.25, -0.2) is 14.4 Å². The van der Waals surface area contributed by atoms with Crippen molar-refractivity contribution >= 4 is 39.9 Å². The summed E-state index contributed by atoms with van der Waals surface area (Å²) in [5.74, 6) is -0.0901. The van der Waals surface area contributed by atoms with Gasteiger partial charge in [0.1, 0.15) is 5.82 Å². The van der Waals surface area contributed by atoms with Gasteiger partial charge in [0.05, 0.1) is 16.3 Å². The minimum atomic E-state index is -0.493. The summed E-state index contributed by atoms with van der Waals surface area (Å²) in [4.78, 5) is 24.1. The third-order valence-electron chi connectivity index (χ3n) is 5.23. The number of hydrogen-bond acceptors (Lipinski definition) is 4. The number of hydrogen-bond donors (Lipinski definition) is 1. The van der Waals surface area contributed by atoms with E-state index in [1.54, 1.807) is 12.3 Å². The van der Waals surface area contributed by atoms with Crippen molar-refractivity contribution in [1.82, 2.24) is 14.9 Å². The van der Waals surface area contributed by atoms with Crippen LogP contribution in [0.3, 0.4) is 0 Å². The van der Waals surface area contributed by atoms with Gasteiger partial charge in [-0.05, 0) is 56.0 Å². The van der Waals surface area contributed by atoms with Gasteiger partial charge in [-0.15, -0.1) is 0 Å². The molecule has 0 aliphatic carbocycles. The molecule has 1 atom stereocenters. The molecule has 1 aliphatic rings. The molecule has 5 nitrogen and oxygen atoms in total. The average molecular weight is 413 g/mol. The Morgan fingerprint density at radius 3 is 2.90 bits per heavy atom. The lowest BCUT2D eigenvalue weighted by Gasteiger charge is -2.31.